The van der Waals surface area contributed by atoms with E-state index in [1.807, 2.05) is 12.1 Å². The summed E-state index contributed by atoms with van der Waals surface area (Å²) in [6.45, 7) is 2.86. The third-order valence-electron chi connectivity index (χ3n) is 3.92. The van der Waals surface area contributed by atoms with Gasteiger partial charge in [0, 0.05) is 17.4 Å². The first-order valence-corrected chi connectivity index (χ1v) is 6.57. The highest BCUT2D eigenvalue weighted by Crippen LogP contribution is 2.52. The number of ether oxygens (including phenoxy) is 1. The zero-order valence-corrected chi connectivity index (χ0v) is 12.1. The molecule has 0 radical (unpaired) electrons. The number of aryl methyl sites for hydroxylation is 1. The number of nitrogens with two attached hydrogens (primary N) is 1. The molecule has 1 saturated carbocycles. The molecule has 19 heavy (non-hydrogen) atoms. The molecule has 1 aliphatic rings. The molecule has 0 saturated heterocycles. The zero-order chi connectivity index (χ0) is 12.7. The van der Waals surface area contributed by atoms with Crippen molar-refractivity contribution in [2.24, 2.45) is 11.7 Å². The van der Waals surface area contributed by atoms with Crippen LogP contribution in [0.2, 0.25) is 0 Å². The molecule has 0 amide bonds. The third-order valence-corrected chi connectivity index (χ3v) is 3.92. The van der Waals surface area contributed by atoms with Gasteiger partial charge in [0.1, 0.15) is 17.1 Å². The average Bonchev–Trinajstić information content (AvgIpc) is 3.06. The van der Waals surface area contributed by atoms with Gasteiger partial charge in [0.15, 0.2) is 0 Å². The summed E-state index contributed by atoms with van der Waals surface area (Å²) < 4.78 is 11.3. The molecule has 1 aliphatic carbocycles. The Hall–Kier alpha value is -1.19. The number of halogens is 1. The molecular weight excluding hydrogens is 262 g/mol. The highest BCUT2D eigenvalue weighted by Gasteiger charge is 2.40. The first kappa shape index (κ1) is 14.2. The Kier molecular flexibility index (Phi) is 4.07. The number of benzene rings is 1. The molecule has 0 spiro atoms. The minimum absolute atomic E-state index is 0. The predicted molar refractivity (Wildman–Crippen MR) is 79.3 cm³/mol. The molecule has 2 N–H and O–H groups in total. The zero-order valence-electron chi connectivity index (χ0n) is 11.3. The molecule has 4 heteroatoms. The fourth-order valence-corrected chi connectivity index (χ4v) is 2.76. The van der Waals surface area contributed by atoms with E-state index in [1.165, 1.54) is 17.4 Å². The second-order valence-electron chi connectivity index (χ2n) is 5.00. The SMILES string of the molecule is CCc1cc2c([C@H]3C[C@@H]3CN)c(OC)ccc2o1.Cl. The third kappa shape index (κ3) is 2.33. The van der Waals surface area contributed by atoms with E-state index in [2.05, 4.69) is 13.0 Å². The summed E-state index contributed by atoms with van der Waals surface area (Å²) in [6, 6.07) is 6.16. The maximum atomic E-state index is 5.82. The summed E-state index contributed by atoms with van der Waals surface area (Å²) in [6.07, 6.45) is 2.08. The van der Waals surface area contributed by atoms with Gasteiger partial charge in [0.2, 0.25) is 0 Å². The number of methoxy groups -OCH3 is 1. The van der Waals surface area contributed by atoms with Crippen molar-refractivity contribution in [3.8, 4) is 5.75 Å². The molecule has 3 nitrogen and oxygen atoms in total. The lowest BCUT2D eigenvalue weighted by Gasteiger charge is -2.08. The van der Waals surface area contributed by atoms with Crippen LogP contribution in [0.3, 0.4) is 0 Å². The lowest BCUT2D eigenvalue weighted by Crippen LogP contribution is -2.02. The summed E-state index contributed by atoms with van der Waals surface area (Å²) in [5.41, 5.74) is 8.01. The molecule has 0 unspecified atom stereocenters. The normalized spacial score (nSPS) is 21.2. The van der Waals surface area contributed by atoms with E-state index in [9.17, 15) is 0 Å². The largest absolute Gasteiger partial charge is 0.496 e. The number of hydrogen-bond donors (Lipinski definition) is 1. The number of fused-ring (bicyclic) bond motifs is 1. The van der Waals surface area contributed by atoms with Crippen molar-refractivity contribution in [1.82, 2.24) is 0 Å². The van der Waals surface area contributed by atoms with Gasteiger partial charge in [-0.25, -0.2) is 0 Å². The smallest absolute Gasteiger partial charge is 0.134 e. The topological polar surface area (TPSA) is 48.4 Å². The standard InChI is InChI=1S/C15H19NO2.ClH/c1-3-10-7-12-13(18-10)4-5-14(17-2)15(12)11-6-9(11)8-16;/h4-5,7,9,11H,3,6,8,16H2,1-2H3;1H/t9-,11+;/m1./s1. The van der Waals surface area contributed by atoms with Crippen LogP contribution in [0, 0.1) is 5.92 Å². The molecule has 1 fully saturated rings. The van der Waals surface area contributed by atoms with Crippen molar-refractivity contribution in [3.63, 3.8) is 0 Å². The van der Waals surface area contributed by atoms with Crippen molar-refractivity contribution in [2.45, 2.75) is 25.7 Å². The minimum atomic E-state index is 0. The van der Waals surface area contributed by atoms with Crippen LogP contribution in [0.5, 0.6) is 5.75 Å². The van der Waals surface area contributed by atoms with Gasteiger partial charge in [0.05, 0.1) is 7.11 Å². The van der Waals surface area contributed by atoms with Gasteiger partial charge in [-0.05, 0) is 43.0 Å². The summed E-state index contributed by atoms with van der Waals surface area (Å²) in [5, 5.41) is 1.20. The van der Waals surface area contributed by atoms with E-state index in [1.54, 1.807) is 7.11 Å². The van der Waals surface area contributed by atoms with Gasteiger partial charge in [-0.15, -0.1) is 12.4 Å². The molecule has 1 aromatic carbocycles. The Bertz CT molecular complexity index is 579. The van der Waals surface area contributed by atoms with E-state index in [0.717, 1.165) is 30.1 Å². The molecule has 2 aromatic rings. The van der Waals surface area contributed by atoms with E-state index >= 15 is 0 Å². The van der Waals surface area contributed by atoms with E-state index in [-0.39, 0.29) is 12.4 Å². The molecule has 3 rings (SSSR count). The maximum absolute atomic E-state index is 5.82. The molecule has 1 aromatic heterocycles. The Morgan fingerprint density at radius 1 is 1.42 bits per heavy atom. The Morgan fingerprint density at radius 2 is 2.21 bits per heavy atom. The predicted octanol–water partition coefficient (Wildman–Crippen LogP) is 3.49. The van der Waals surface area contributed by atoms with Crippen molar-refractivity contribution in [2.75, 3.05) is 13.7 Å². The Balaban J connectivity index is 0.00000133. The van der Waals surface area contributed by atoms with Crippen LogP contribution >= 0.6 is 12.4 Å². The van der Waals surface area contributed by atoms with Crippen LogP contribution in [0.25, 0.3) is 11.0 Å². The van der Waals surface area contributed by atoms with Crippen LogP contribution < -0.4 is 10.5 Å². The van der Waals surface area contributed by atoms with Gasteiger partial charge in [-0.1, -0.05) is 6.92 Å². The second-order valence-corrected chi connectivity index (χ2v) is 5.00. The van der Waals surface area contributed by atoms with E-state index < -0.39 is 0 Å². The number of rotatable bonds is 4. The summed E-state index contributed by atoms with van der Waals surface area (Å²) in [7, 11) is 1.73. The number of hydrogen-bond acceptors (Lipinski definition) is 3. The monoisotopic (exact) mass is 281 g/mol. The van der Waals surface area contributed by atoms with Gasteiger partial charge in [0.25, 0.3) is 0 Å². The fraction of sp³-hybridized carbons (Fsp3) is 0.467. The lowest BCUT2D eigenvalue weighted by molar-refractivity contribution is 0.410. The highest BCUT2D eigenvalue weighted by atomic mass is 35.5. The van der Waals surface area contributed by atoms with Gasteiger partial charge >= 0.3 is 0 Å². The molecule has 2 atom stereocenters. The second kappa shape index (κ2) is 5.43. The van der Waals surface area contributed by atoms with Crippen molar-refractivity contribution < 1.29 is 9.15 Å². The highest BCUT2D eigenvalue weighted by molar-refractivity contribution is 5.86. The first-order chi connectivity index (χ1) is 8.78. The maximum Gasteiger partial charge on any atom is 0.134 e. The molecular formula is C15H20ClNO2. The van der Waals surface area contributed by atoms with Crippen LogP contribution in [0.1, 0.15) is 30.6 Å². The van der Waals surface area contributed by atoms with Gasteiger partial charge in [-0.2, -0.15) is 0 Å². The minimum Gasteiger partial charge on any atom is -0.496 e. The van der Waals surface area contributed by atoms with Crippen molar-refractivity contribution >= 4 is 23.4 Å². The molecule has 0 aliphatic heterocycles. The van der Waals surface area contributed by atoms with Crippen LogP contribution in [-0.4, -0.2) is 13.7 Å². The summed E-state index contributed by atoms with van der Waals surface area (Å²) in [5.74, 6) is 3.14. The van der Waals surface area contributed by atoms with Gasteiger partial charge in [-0.3, -0.25) is 0 Å². The van der Waals surface area contributed by atoms with Crippen LogP contribution in [0.15, 0.2) is 22.6 Å². The fourth-order valence-electron chi connectivity index (χ4n) is 2.76. The van der Waals surface area contributed by atoms with Crippen molar-refractivity contribution in [1.29, 1.82) is 0 Å². The van der Waals surface area contributed by atoms with E-state index in [0.29, 0.717) is 11.8 Å². The van der Waals surface area contributed by atoms with Crippen molar-refractivity contribution in [3.05, 3.63) is 29.5 Å². The summed E-state index contributed by atoms with van der Waals surface area (Å²) >= 11 is 0. The Labute approximate surface area is 119 Å². The first-order valence-electron chi connectivity index (χ1n) is 6.57. The lowest BCUT2D eigenvalue weighted by atomic mass is 10.0. The number of furan rings is 1. The quantitative estimate of drug-likeness (QED) is 0.933. The molecule has 0 bridgehead atoms. The Morgan fingerprint density at radius 3 is 2.79 bits per heavy atom. The van der Waals surface area contributed by atoms with Gasteiger partial charge < -0.3 is 14.9 Å². The average molecular weight is 282 g/mol. The van der Waals surface area contributed by atoms with Crippen LogP contribution in [0.4, 0.5) is 0 Å². The summed E-state index contributed by atoms with van der Waals surface area (Å²) in [4.78, 5) is 0. The molecule has 104 valence electrons. The van der Waals surface area contributed by atoms with E-state index in [4.69, 9.17) is 14.9 Å². The molecule has 1 heterocycles. The van der Waals surface area contributed by atoms with Crippen LogP contribution in [-0.2, 0) is 6.42 Å².